The van der Waals surface area contributed by atoms with Gasteiger partial charge in [-0.2, -0.15) is 0 Å². The van der Waals surface area contributed by atoms with Gasteiger partial charge in [0.05, 0.1) is 12.2 Å². The molecule has 0 spiro atoms. The summed E-state index contributed by atoms with van der Waals surface area (Å²) in [4.78, 5) is 52.1. The molecule has 11 heteroatoms. The molecule has 254 valence electrons. The zero-order chi connectivity index (χ0) is 35.2. The van der Waals surface area contributed by atoms with Crippen LogP contribution in [0.15, 0.2) is 83.3 Å². The lowest BCUT2D eigenvalue weighted by molar-refractivity contribution is -0.146. The monoisotopic (exact) mass is 666 g/mol. The number of carbonyl (C=O) groups is 4. The van der Waals surface area contributed by atoms with Gasteiger partial charge in [-0.1, -0.05) is 48.5 Å². The number of nitrogens with two attached hydrogens (primary N) is 1. The first-order valence-corrected chi connectivity index (χ1v) is 16.2. The molecule has 7 N–H and O–H groups in total. The number of esters is 1. The van der Waals surface area contributed by atoms with Crippen molar-refractivity contribution < 1.29 is 44.3 Å². The van der Waals surface area contributed by atoms with Crippen LogP contribution in [0.25, 0.3) is 11.1 Å². The van der Waals surface area contributed by atoms with E-state index in [1.165, 1.54) is 6.07 Å². The van der Waals surface area contributed by atoms with Gasteiger partial charge in [0.2, 0.25) is 5.78 Å². The molecule has 0 aromatic heterocycles. The molecule has 0 fully saturated rings. The maximum atomic E-state index is 14.1. The summed E-state index contributed by atoms with van der Waals surface area (Å²) in [5.41, 5.74) is 6.35. The number of primary amides is 1. The number of amides is 1. The summed E-state index contributed by atoms with van der Waals surface area (Å²) in [5, 5.41) is 47.6. The molecule has 0 saturated heterocycles. The molecule has 49 heavy (non-hydrogen) atoms. The molecule has 3 aromatic carbocycles. The van der Waals surface area contributed by atoms with E-state index in [0.717, 1.165) is 22.3 Å². The topological polar surface area (TPSA) is 196 Å². The predicted octanol–water partition coefficient (Wildman–Crippen LogP) is 3.82. The van der Waals surface area contributed by atoms with Crippen molar-refractivity contribution in [2.75, 3.05) is 6.61 Å². The molecular weight excluding hydrogens is 628 g/mol. The van der Waals surface area contributed by atoms with Gasteiger partial charge in [0.1, 0.15) is 28.9 Å². The van der Waals surface area contributed by atoms with Gasteiger partial charge in [-0.25, -0.2) is 0 Å². The second-order valence-corrected chi connectivity index (χ2v) is 12.9. The first-order valence-electron chi connectivity index (χ1n) is 16.2. The van der Waals surface area contributed by atoms with E-state index >= 15 is 0 Å². The van der Waals surface area contributed by atoms with E-state index < -0.39 is 58.0 Å². The molecule has 1 unspecified atom stereocenters. The predicted molar refractivity (Wildman–Crippen MR) is 178 cm³/mol. The van der Waals surface area contributed by atoms with Crippen LogP contribution in [0.4, 0.5) is 0 Å². The number of fused-ring (bicyclic) bond motifs is 3. The smallest absolute Gasteiger partial charge is 0.323 e. The fourth-order valence-electron chi connectivity index (χ4n) is 7.51. The van der Waals surface area contributed by atoms with E-state index in [0.29, 0.717) is 24.1 Å². The van der Waals surface area contributed by atoms with Crippen LogP contribution < -0.4 is 11.1 Å². The fraction of sp³-hybridized carbons (Fsp3) is 0.316. The summed E-state index contributed by atoms with van der Waals surface area (Å²) < 4.78 is 5.33. The lowest BCUT2D eigenvalue weighted by atomic mass is 9.60. The summed E-state index contributed by atoms with van der Waals surface area (Å²) in [6, 6.07) is 18.0. The molecule has 0 bridgehead atoms. The number of hydrogen-bond acceptors (Lipinski definition) is 10. The molecule has 0 heterocycles. The SMILES string of the molecule is CCOC(=O)C(Cc1ccccc1)NCc1ccc(C)c(-c2ccc(O)c3c2C[C@H]2C[C@H]4CC(O)=C(C(N)=O)C(=O)[C@@]4(O)C(O)=C2C3=O)c1. The van der Waals surface area contributed by atoms with E-state index in [1.807, 2.05) is 55.5 Å². The van der Waals surface area contributed by atoms with Crippen molar-refractivity contribution >= 4 is 23.4 Å². The van der Waals surface area contributed by atoms with Crippen molar-refractivity contribution in [1.82, 2.24) is 5.32 Å². The Morgan fingerprint density at radius 3 is 2.43 bits per heavy atom. The zero-order valence-corrected chi connectivity index (χ0v) is 27.2. The minimum Gasteiger partial charge on any atom is -0.511 e. The third-order valence-corrected chi connectivity index (χ3v) is 9.94. The number of rotatable bonds is 9. The van der Waals surface area contributed by atoms with Gasteiger partial charge in [-0.05, 0) is 84.5 Å². The van der Waals surface area contributed by atoms with Crippen molar-refractivity contribution in [2.45, 2.75) is 57.7 Å². The van der Waals surface area contributed by atoms with Crippen molar-refractivity contribution in [3.8, 4) is 16.9 Å². The Kier molecular flexibility index (Phi) is 8.91. The van der Waals surface area contributed by atoms with Crippen LogP contribution in [0, 0.1) is 18.8 Å². The van der Waals surface area contributed by atoms with Crippen LogP contribution in [0.1, 0.15) is 52.4 Å². The molecule has 0 radical (unpaired) electrons. The van der Waals surface area contributed by atoms with Crippen molar-refractivity contribution in [2.24, 2.45) is 17.6 Å². The van der Waals surface area contributed by atoms with Crippen LogP contribution in [0.2, 0.25) is 0 Å². The number of allylic oxidation sites excluding steroid dienone is 2. The van der Waals surface area contributed by atoms with E-state index in [1.54, 1.807) is 13.0 Å². The number of benzene rings is 3. The third kappa shape index (κ3) is 5.78. The van der Waals surface area contributed by atoms with Crippen LogP contribution in [0.3, 0.4) is 0 Å². The van der Waals surface area contributed by atoms with Gasteiger partial charge in [-0.15, -0.1) is 0 Å². The molecule has 3 aliphatic rings. The number of hydrogen-bond donors (Lipinski definition) is 6. The minimum absolute atomic E-state index is 0.0393. The van der Waals surface area contributed by atoms with Crippen LogP contribution >= 0.6 is 0 Å². The first kappa shape index (κ1) is 33.6. The van der Waals surface area contributed by atoms with E-state index in [-0.39, 0.29) is 48.7 Å². The van der Waals surface area contributed by atoms with Crippen LogP contribution in [-0.2, 0) is 38.5 Å². The Hall–Kier alpha value is -5.26. The highest BCUT2D eigenvalue weighted by Crippen LogP contribution is 2.52. The lowest BCUT2D eigenvalue weighted by Gasteiger charge is -2.45. The molecule has 0 saturated carbocycles. The number of ketones is 2. The first-order chi connectivity index (χ1) is 23.4. The van der Waals surface area contributed by atoms with E-state index in [4.69, 9.17) is 10.5 Å². The van der Waals surface area contributed by atoms with Gasteiger partial charge >= 0.3 is 5.97 Å². The largest absolute Gasteiger partial charge is 0.511 e. The summed E-state index contributed by atoms with van der Waals surface area (Å²) in [6.45, 7) is 4.27. The number of carbonyl (C=O) groups excluding carboxylic acids is 4. The average Bonchev–Trinajstić information content (AvgIpc) is 3.06. The summed E-state index contributed by atoms with van der Waals surface area (Å²) >= 11 is 0. The Morgan fingerprint density at radius 1 is 1.00 bits per heavy atom. The summed E-state index contributed by atoms with van der Waals surface area (Å²) in [7, 11) is 0. The quantitative estimate of drug-likeness (QED) is 0.144. The molecule has 3 aliphatic carbocycles. The van der Waals surface area contributed by atoms with Gasteiger partial charge in [0.25, 0.3) is 5.91 Å². The third-order valence-electron chi connectivity index (χ3n) is 9.94. The highest BCUT2D eigenvalue weighted by Gasteiger charge is 2.59. The number of phenols is 1. The summed E-state index contributed by atoms with van der Waals surface area (Å²) in [5.74, 6) is -7.07. The zero-order valence-electron chi connectivity index (χ0n) is 27.2. The molecule has 1 amide bonds. The Balaban J connectivity index is 1.34. The second kappa shape index (κ2) is 13.0. The van der Waals surface area contributed by atoms with E-state index in [2.05, 4.69) is 5.32 Å². The Bertz CT molecular complexity index is 1950. The van der Waals surface area contributed by atoms with E-state index in [9.17, 15) is 39.6 Å². The summed E-state index contributed by atoms with van der Waals surface area (Å²) in [6.07, 6.45) is 0.363. The normalized spacial score (nSPS) is 22.3. The number of ether oxygens (including phenoxy) is 1. The van der Waals surface area contributed by atoms with Crippen LogP contribution in [0.5, 0.6) is 5.75 Å². The number of aliphatic hydroxyl groups is 3. The highest BCUT2D eigenvalue weighted by molar-refractivity contribution is 6.24. The van der Waals surface area contributed by atoms with Crippen LogP contribution in [-0.4, -0.2) is 62.1 Å². The molecule has 11 nitrogen and oxygen atoms in total. The molecule has 6 rings (SSSR count). The number of aromatic hydroxyl groups is 1. The molecule has 4 atom stereocenters. The van der Waals surface area contributed by atoms with Crippen molar-refractivity contribution in [3.63, 3.8) is 0 Å². The number of nitrogens with one attached hydrogen (secondary N) is 1. The Labute approximate surface area is 282 Å². The fourth-order valence-corrected chi connectivity index (χ4v) is 7.51. The number of aryl methyl sites for hydroxylation is 1. The standard InChI is InChI=1S/C38H38N2O9/c1-3-49-37(47)27(14-20-7-5-4-6-8-20)40-18-21-10-9-19(2)25(13-21)24-11-12-28(41)31-26(24)16-22-15-23-17-29(42)32(36(39)46)35(45)38(23,48)34(44)30(22)33(31)43/h4-13,22-23,27,40-42,44,48H,3,14-18H2,1-2H3,(H2,39,46)/t22-,23+,27?,38+/m1/s1. The van der Waals surface area contributed by atoms with Crippen molar-refractivity contribution in [1.29, 1.82) is 0 Å². The average molecular weight is 667 g/mol. The molecule has 0 aliphatic heterocycles. The highest BCUT2D eigenvalue weighted by atomic mass is 16.5. The van der Waals surface area contributed by atoms with Gasteiger partial charge in [-0.3, -0.25) is 19.2 Å². The van der Waals surface area contributed by atoms with Gasteiger partial charge < -0.3 is 36.2 Å². The number of Topliss-reactive ketones (excluding diaryl/α,β-unsaturated/α-hetero) is 2. The maximum Gasteiger partial charge on any atom is 0.323 e. The molecule has 3 aromatic rings. The van der Waals surface area contributed by atoms with Gasteiger partial charge in [0, 0.05) is 24.5 Å². The Morgan fingerprint density at radius 2 is 1.73 bits per heavy atom. The number of aliphatic hydroxyl groups excluding tert-OH is 2. The van der Waals surface area contributed by atoms with Crippen molar-refractivity contribution in [3.05, 3.63) is 111 Å². The maximum absolute atomic E-state index is 14.1. The number of phenolic OH excluding ortho intramolecular Hbond substituents is 1. The lowest BCUT2D eigenvalue weighted by Crippen LogP contribution is -2.57. The molecular formula is C38H38N2O9. The second-order valence-electron chi connectivity index (χ2n) is 12.9. The minimum atomic E-state index is -2.62. The van der Waals surface area contributed by atoms with Gasteiger partial charge in [0.15, 0.2) is 11.4 Å².